The second kappa shape index (κ2) is 6.23. The first-order chi connectivity index (χ1) is 9.96. The molecule has 8 heteroatoms. The van der Waals surface area contributed by atoms with Crippen LogP contribution in [0.25, 0.3) is 0 Å². The Kier molecular flexibility index (Phi) is 4.77. The van der Waals surface area contributed by atoms with E-state index in [9.17, 15) is 9.59 Å². The summed E-state index contributed by atoms with van der Waals surface area (Å²) in [6, 6.07) is 0.0155. The number of likely N-dealkylation sites (N-methyl/N-ethyl adjacent to an activating group) is 1. The number of nitrogens with one attached hydrogen (secondary N) is 2. The number of ether oxygens (including phenoxy) is 1. The van der Waals surface area contributed by atoms with Crippen molar-refractivity contribution in [3.63, 3.8) is 0 Å². The first-order valence-electron chi connectivity index (χ1n) is 7.03. The summed E-state index contributed by atoms with van der Waals surface area (Å²) in [6.07, 6.45) is 2.02. The number of methoxy groups -OCH3 is 1. The Hall–Kier alpha value is -1.28. The molecule has 7 nitrogen and oxygen atoms in total. The van der Waals surface area contributed by atoms with Gasteiger partial charge in [0.1, 0.15) is 5.54 Å². The Labute approximate surface area is 127 Å². The summed E-state index contributed by atoms with van der Waals surface area (Å²) in [5, 5.41) is 10.2. The van der Waals surface area contributed by atoms with Crippen molar-refractivity contribution in [2.45, 2.75) is 43.4 Å². The molecule has 118 valence electrons. The topological polar surface area (TPSA) is 89.0 Å². The summed E-state index contributed by atoms with van der Waals surface area (Å²) < 4.78 is 6.56. The van der Waals surface area contributed by atoms with Gasteiger partial charge in [-0.1, -0.05) is 11.8 Å². The Morgan fingerprint density at radius 3 is 2.76 bits per heavy atom. The summed E-state index contributed by atoms with van der Waals surface area (Å²) in [6.45, 7) is 3.85. The van der Waals surface area contributed by atoms with Gasteiger partial charge < -0.3 is 10.1 Å². The van der Waals surface area contributed by atoms with Crippen LogP contribution in [-0.4, -0.2) is 46.2 Å². The Balaban J connectivity index is 2.20. The van der Waals surface area contributed by atoms with Gasteiger partial charge in [0.05, 0.1) is 7.11 Å². The molecule has 0 bridgehead atoms. The fraction of sp³-hybridized carbons (Fsp3) is 0.769. The fourth-order valence-electron chi connectivity index (χ4n) is 2.51. The smallest absolute Gasteiger partial charge is 0.344 e. The molecule has 1 saturated carbocycles. The van der Waals surface area contributed by atoms with E-state index in [-0.39, 0.29) is 23.6 Å². The van der Waals surface area contributed by atoms with Gasteiger partial charge >= 0.3 is 11.7 Å². The van der Waals surface area contributed by atoms with Crippen LogP contribution in [0.5, 0.6) is 0 Å². The lowest BCUT2D eigenvalue weighted by Gasteiger charge is -2.30. The number of aromatic nitrogens is 3. The Bertz CT molecular complexity index is 564. The van der Waals surface area contributed by atoms with Crippen LogP contribution in [0.3, 0.4) is 0 Å². The largest absolute Gasteiger partial charge is 0.468 e. The van der Waals surface area contributed by atoms with E-state index in [1.165, 1.54) is 18.9 Å². The van der Waals surface area contributed by atoms with Crippen LogP contribution in [0, 0.1) is 5.92 Å². The van der Waals surface area contributed by atoms with Crippen molar-refractivity contribution in [1.29, 1.82) is 0 Å². The molecule has 1 aromatic heterocycles. The van der Waals surface area contributed by atoms with Crippen molar-refractivity contribution in [2.75, 3.05) is 19.9 Å². The number of carbonyl (C=O) groups excluding carboxylic acids is 1. The van der Waals surface area contributed by atoms with Gasteiger partial charge in [-0.3, -0.25) is 9.36 Å². The highest BCUT2D eigenvalue weighted by Gasteiger charge is 2.51. The molecule has 0 aliphatic heterocycles. The standard InChI is InChI=1S/C13H22N4O3S/c1-8(2)17-11(19)15-16-12(17)21-7-13(14-3,9-5-6-9)10(18)20-4/h8-9,14H,5-7H2,1-4H3,(H,15,19). The minimum absolute atomic E-state index is 0.0155. The molecule has 1 fully saturated rings. The van der Waals surface area contributed by atoms with Crippen molar-refractivity contribution >= 4 is 17.7 Å². The molecule has 0 spiro atoms. The van der Waals surface area contributed by atoms with Crippen LogP contribution < -0.4 is 11.0 Å². The number of hydrogen-bond acceptors (Lipinski definition) is 6. The molecule has 2 rings (SSSR count). The average molecular weight is 314 g/mol. The predicted molar refractivity (Wildman–Crippen MR) is 80.5 cm³/mol. The highest BCUT2D eigenvalue weighted by Crippen LogP contribution is 2.42. The third-order valence-electron chi connectivity index (χ3n) is 3.89. The minimum Gasteiger partial charge on any atom is -0.468 e. The summed E-state index contributed by atoms with van der Waals surface area (Å²) >= 11 is 1.40. The first-order valence-corrected chi connectivity index (χ1v) is 8.02. The molecule has 2 N–H and O–H groups in total. The summed E-state index contributed by atoms with van der Waals surface area (Å²) in [7, 11) is 3.18. The molecule has 0 amide bonds. The van der Waals surface area contributed by atoms with Crippen molar-refractivity contribution in [3.8, 4) is 0 Å². The molecule has 0 radical (unpaired) electrons. The van der Waals surface area contributed by atoms with Crippen LogP contribution in [0.4, 0.5) is 0 Å². The molecule has 1 aliphatic rings. The maximum absolute atomic E-state index is 12.2. The number of aromatic amines is 1. The van der Waals surface area contributed by atoms with Gasteiger partial charge in [-0.05, 0) is 39.7 Å². The van der Waals surface area contributed by atoms with E-state index in [1.807, 2.05) is 13.8 Å². The van der Waals surface area contributed by atoms with Crippen LogP contribution >= 0.6 is 11.8 Å². The van der Waals surface area contributed by atoms with Crippen molar-refractivity contribution in [1.82, 2.24) is 20.1 Å². The van der Waals surface area contributed by atoms with Crippen molar-refractivity contribution < 1.29 is 9.53 Å². The third kappa shape index (κ3) is 3.01. The summed E-state index contributed by atoms with van der Waals surface area (Å²) in [5.41, 5.74) is -0.942. The lowest BCUT2D eigenvalue weighted by atomic mass is 9.96. The summed E-state index contributed by atoms with van der Waals surface area (Å²) in [4.78, 5) is 23.9. The molecule has 1 aliphatic carbocycles. The number of thioether (sulfide) groups is 1. The highest BCUT2D eigenvalue weighted by molar-refractivity contribution is 7.99. The number of rotatable bonds is 7. The van der Waals surface area contributed by atoms with Gasteiger partial charge in [0.25, 0.3) is 0 Å². The van der Waals surface area contributed by atoms with E-state index >= 15 is 0 Å². The van der Waals surface area contributed by atoms with Gasteiger partial charge in [-0.25, -0.2) is 9.89 Å². The van der Waals surface area contributed by atoms with Gasteiger partial charge in [0.2, 0.25) is 0 Å². The second-order valence-electron chi connectivity index (χ2n) is 5.55. The summed E-state index contributed by atoms with van der Waals surface area (Å²) in [5.74, 6) is 0.507. The van der Waals surface area contributed by atoms with Crippen LogP contribution in [-0.2, 0) is 9.53 Å². The second-order valence-corrected chi connectivity index (χ2v) is 6.49. The maximum atomic E-state index is 12.2. The van der Waals surface area contributed by atoms with Gasteiger partial charge in [0, 0.05) is 11.8 Å². The quantitative estimate of drug-likeness (QED) is 0.571. The molecular formula is C13H22N4O3S. The molecule has 0 aromatic carbocycles. The predicted octanol–water partition coefficient (Wildman–Crippen LogP) is 0.786. The lowest BCUT2D eigenvalue weighted by molar-refractivity contribution is -0.148. The number of esters is 1. The number of nitrogens with zero attached hydrogens (tertiary/aromatic N) is 2. The van der Waals surface area contributed by atoms with E-state index in [0.29, 0.717) is 10.9 Å². The number of H-pyrrole nitrogens is 1. The molecular weight excluding hydrogens is 292 g/mol. The molecule has 1 heterocycles. The first kappa shape index (κ1) is 16.1. The van der Waals surface area contributed by atoms with E-state index in [4.69, 9.17) is 4.74 Å². The third-order valence-corrected chi connectivity index (χ3v) is 5.03. The molecule has 1 atom stereocenters. The monoisotopic (exact) mass is 314 g/mol. The zero-order chi connectivity index (χ0) is 15.6. The van der Waals surface area contributed by atoms with E-state index < -0.39 is 5.54 Å². The van der Waals surface area contributed by atoms with Gasteiger partial charge in [-0.15, -0.1) is 5.10 Å². The molecule has 1 unspecified atom stereocenters. The van der Waals surface area contributed by atoms with Crippen molar-refractivity contribution in [2.24, 2.45) is 5.92 Å². The minimum atomic E-state index is -0.712. The highest BCUT2D eigenvalue weighted by atomic mass is 32.2. The maximum Gasteiger partial charge on any atom is 0.344 e. The van der Waals surface area contributed by atoms with E-state index in [0.717, 1.165) is 12.8 Å². The average Bonchev–Trinajstić information content (AvgIpc) is 3.23. The zero-order valence-corrected chi connectivity index (χ0v) is 13.6. The lowest BCUT2D eigenvalue weighted by Crippen LogP contribution is -2.55. The number of carbonyl (C=O) groups is 1. The Morgan fingerprint density at radius 2 is 2.29 bits per heavy atom. The van der Waals surface area contributed by atoms with Gasteiger partial charge in [-0.2, -0.15) is 0 Å². The van der Waals surface area contributed by atoms with Crippen molar-refractivity contribution in [3.05, 3.63) is 10.5 Å². The molecule has 1 aromatic rings. The van der Waals surface area contributed by atoms with Crippen LogP contribution in [0.1, 0.15) is 32.7 Å². The Morgan fingerprint density at radius 1 is 1.62 bits per heavy atom. The fourth-order valence-corrected chi connectivity index (χ4v) is 3.90. The molecule has 0 saturated heterocycles. The zero-order valence-electron chi connectivity index (χ0n) is 12.8. The number of hydrogen-bond donors (Lipinski definition) is 2. The van der Waals surface area contributed by atoms with Gasteiger partial charge in [0.15, 0.2) is 5.16 Å². The SMILES string of the molecule is CNC(CSc1n[nH]c(=O)n1C(C)C)(C(=O)OC)C1CC1. The van der Waals surface area contributed by atoms with Crippen LogP contribution in [0.2, 0.25) is 0 Å². The molecule has 21 heavy (non-hydrogen) atoms. The van der Waals surface area contributed by atoms with Crippen LogP contribution in [0.15, 0.2) is 9.95 Å². The van der Waals surface area contributed by atoms with E-state index in [2.05, 4.69) is 15.5 Å². The normalized spacial score (nSPS) is 17.8. The van der Waals surface area contributed by atoms with E-state index in [1.54, 1.807) is 11.6 Å².